The monoisotopic (exact) mass is 301 g/mol. The van der Waals surface area contributed by atoms with E-state index >= 15 is 0 Å². The lowest BCUT2D eigenvalue weighted by Gasteiger charge is -2.34. The van der Waals surface area contributed by atoms with Crippen LogP contribution >= 0.6 is 0 Å². The van der Waals surface area contributed by atoms with Gasteiger partial charge in [-0.25, -0.2) is 8.42 Å². The Morgan fingerprint density at radius 1 is 1.25 bits per heavy atom. The maximum Gasteiger partial charge on any atom is 0.240 e. The Balaban J connectivity index is 2.14. The summed E-state index contributed by atoms with van der Waals surface area (Å²) in [5.74, 6) is -0.178. The molecule has 1 saturated heterocycles. The lowest BCUT2D eigenvalue weighted by atomic mass is 9.82. The number of hydrogen-bond donors (Lipinski definition) is 0. The highest BCUT2D eigenvalue weighted by Gasteiger charge is 2.41. The van der Waals surface area contributed by atoms with Gasteiger partial charge in [-0.2, -0.15) is 0 Å². The van der Waals surface area contributed by atoms with E-state index < -0.39 is 15.1 Å². The molecule has 2 aliphatic rings. The van der Waals surface area contributed by atoms with Crippen LogP contribution in [0, 0.1) is 5.92 Å². The van der Waals surface area contributed by atoms with E-state index in [0.29, 0.717) is 13.0 Å². The number of hydrogen-bond acceptors (Lipinski definition) is 4. The molecule has 0 bridgehead atoms. The van der Waals surface area contributed by atoms with Gasteiger partial charge in [0.05, 0.1) is 0 Å². The Kier molecular flexibility index (Phi) is 4.52. The van der Waals surface area contributed by atoms with Crippen LogP contribution in [0.1, 0.15) is 45.4 Å². The first-order valence-electron chi connectivity index (χ1n) is 7.34. The molecular formula is C14H23NO4S. The zero-order chi connectivity index (χ0) is 14.9. The molecule has 0 aromatic rings. The first-order chi connectivity index (χ1) is 9.32. The molecule has 3 atom stereocenters. The summed E-state index contributed by atoms with van der Waals surface area (Å²) in [7, 11) is -3.38. The number of Topliss-reactive ketones (excluding diaryl/α,β-unsaturated/α-hetero) is 1. The van der Waals surface area contributed by atoms with Gasteiger partial charge in [0.2, 0.25) is 5.91 Å². The standard InChI is InChI=1S/C14H23NO4S/c1-10(20(2,18)19)14(17)15-9-5-7-12(15)11-6-3-4-8-13(11)16/h10-12H,3-9H2,1-2H3. The van der Waals surface area contributed by atoms with Crippen molar-refractivity contribution >= 4 is 21.5 Å². The Bertz CT molecular complexity index is 499. The van der Waals surface area contributed by atoms with Gasteiger partial charge in [-0.3, -0.25) is 9.59 Å². The summed E-state index contributed by atoms with van der Waals surface area (Å²) >= 11 is 0. The summed E-state index contributed by atoms with van der Waals surface area (Å²) in [6, 6.07) is -0.0838. The summed E-state index contributed by atoms with van der Waals surface area (Å²) in [4.78, 5) is 26.1. The van der Waals surface area contributed by atoms with Crippen LogP contribution in [0.2, 0.25) is 0 Å². The van der Waals surface area contributed by atoms with E-state index in [9.17, 15) is 18.0 Å². The van der Waals surface area contributed by atoms with Crippen LogP contribution in [0.15, 0.2) is 0 Å². The van der Waals surface area contributed by atoms with E-state index in [1.165, 1.54) is 6.92 Å². The molecule has 0 spiro atoms. The van der Waals surface area contributed by atoms with Gasteiger partial charge in [0.1, 0.15) is 11.0 Å². The topological polar surface area (TPSA) is 71.5 Å². The van der Waals surface area contributed by atoms with Crippen molar-refractivity contribution in [3.63, 3.8) is 0 Å². The average molecular weight is 301 g/mol. The number of rotatable bonds is 3. The van der Waals surface area contributed by atoms with Crippen molar-refractivity contribution in [3.8, 4) is 0 Å². The van der Waals surface area contributed by atoms with Crippen LogP contribution in [0.5, 0.6) is 0 Å². The minimum absolute atomic E-state index is 0.0815. The Hall–Kier alpha value is -0.910. The number of amides is 1. The number of nitrogens with zero attached hydrogens (tertiary/aromatic N) is 1. The maximum atomic E-state index is 12.4. The van der Waals surface area contributed by atoms with Gasteiger partial charge in [-0.15, -0.1) is 0 Å². The first kappa shape index (κ1) is 15.5. The molecule has 114 valence electrons. The summed E-state index contributed by atoms with van der Waals surface area (Å²) in [5.41, 5.74) is 0. The molecule has 5 nitrogen and oxygen atoms in total. The first-order valence-corrected chi connectivity index (χ1v) is 9.30. The highest BCUT2D eigenvalue weighted by Crippen LogP contribution is 2.33. The highest BCUT2D eigenvalue weighted by atomic mass is 32.2. The summed E-state index contributed by atoms with van der Waals surface area (Å²) in [6.45, 7) is 2.02. The minimum atomic E-state index is -3.38. The molecule has 2 rings (SSSR count). The normalized spacial score (nSPS) is 29.5. The van der Waals surface area contributed by atoms with Crippen LogP contribution in [0.3, 0.4) is 0 Å². The van der Waals surface area contributed by atoms with Crippen LogP contribution in [0.25, 0.3) is 0 Å². The summed E-state index contributed by atoms with van der Waals surface area (Å²) in [5, 5.41) is -1.01. The lowest BCUT2D eigenvalue weighted by molar-refractivity contribution is -0.135. The van der Waals surface area contributed by atoms with Crippen molar-refractivity contribution in [2.24, 2.45) is 5.92 Å². The van der Waals surface area contributed by atoms with Crippen LogP contribution in [0.4, 0.5) is 0 Å². The average Bonchev–Trinajstić information content (AvgIpc) is 2.85. The molecule has 0 aromatic carbocycles. The molecule has 0 N–H and O–H groups in total. The molecule has 2 fully saturated rings. The maximum absolute atomic E-state index is 12.4. The fourth-order valence-electron chi connectivity index (χ4n) is 3.32. The predicted octanol–water partition coefficient (Wildman–Crippen LogP) is 1.17. The van der Waals surface area contributed by atoms with Gasteiger partial charge in [-0.1, -0.05) is 6.42 Å². The summed E-state index contributed by atoms with van der Waals surface area (Å²) in [6.07, 6.45) is 6.17. The van der Waals surface area contributed by atoms with Crippen molar-refractivity contribution in [1.82, 2.24) is 4.90 Å². The number of carbonyl (C=O) groups excluding carboxylic acids is 2. The zero-order valence-electron chi connectivity index (χ0n) is 12.2. The molecule has 0 radical (unpaired) electrons. The van der Waals surface area contributed by atoms with Gasteiger partial charge in [-0.05, 0) is 32.6 Å². The minimum Gasteiger partial charge on any atom is -0.338 e. The molecule has 1 saturated carbocycles. The number of carbonyl (C=O) groups is 2. The van der Waals surface area contributed by atoms with Crippen LogP contribution in [-0.2, 0) is 19.4 Å². The largest absolute Gasteiger partial charge is 0.338 e. The van der Waals surface area contributed by atoms with Crippen molar-refractivity contribution < 1.29 is 18.0 Å². The van der Waals surface area contributed by atoms with E-state index in [-0.39, 0.29) is 23.7 Å². The fourth-order valence-corrected chi connectivity index (χ4v) is 3.82. The fraction of sp³-hybridized carbons (Fsp3) is 0.857. The van der Waals surface area contributed by atoms with Crippen LogP contribution in [-0.4, -0.2) is 49.1 Å². The Morgan fingerprint density at radius 2 is 1.95 bits per heavy atom. The number of likely N-dealkylation sites (tertiary alicyclic amines) is 1. The van der Waals surface area contributed by atoms with Crippen LogP contribution < -0.4 is 0 Å². The van der Waals surface area contributed by atoms with Gasteiger partial charge in [0, 0.05) is 31.2 Å². The molecule has 1 aliphatic carbocycles. The van der Waals surface area contributed by atoms with E-state index in [0.717, 1.165) is 38.4 Å². The Morgan fingerprint density at radius 3 is 2.55 bits per heavy atom. The molecule has 6 heteroatoms. The predicted molar refractivity (Wildman–Crippen MR) is 76.0 cm³/mol. The third kappa shape index (κ3) is 3.05. The van der Waals surface area contributed by atoms with Gasteiger partial charge in [0.25, 0.3) is 0 Å². The van der Waals surface area contributed by atoms with Crippen molar-refractivity contribution in [3.05, 3.63) is 0 Å². The zero-order valence-corrected chi connectivity index (χ0v) is 13.0. The molecule has 3 unspecified atom stereocenters. The molecule has 1 amide bonds. The van der Waals surface area contributed by atoms with E-state index in [2.05, 4.69) is 0 Å². The molecule has 1 aliphatic heterocycles. The van der Waals surface area contributed by atoms with Crippen molar-refractivity contribution in [1.29, 1.82) is 0 Å². The third-order valence-electron chi connectivity index (χ3n) is 4.64. The quantitative estimate of drug-likeness (QED) is 0.784. The van der Waals surface area contributed by atoms with Gasteiger partial charge in [0.15, 0.2) is 9.84 Å². The molecule has 20 heavy (non-hydrogen) atoms. The second-order valence-corrected chi connectivity index (χ2v) is 8.40. The number of sulfone groups is 1. The highest BCUT2D eigenvalue weighted by molar-refractivity contribution is 7.92. The third-order valence-corrected chi connectivity index (χ3v) is 6.12. The molecule has 0 aromatic heterocycles. The molecular weight excluding hydrogens is 278 g/mol. The lowest BCUT2D eigenvalue weighted by Crippen LogP contribution is -2.48. The SMILES string of the molecule is CC(C(=O)N1CCCC1C1CCCCC1=O)S(C)(=O)=O. The van der Waals surface area contributed by atoms with Crippen molar-refractivity contribution in [2.45, 2.75) is 56.7 Å². The number of ketones is 1. The molecule has 1 heterocycles. The van der Waals surface area contributed by atoms with E-state index in [4.69, 9.17) is 0 Å². The van der Waals surface area contributed by atoms with E-state index in [1.54, 1.807) is 4.90 Å². The smallest absolute Gasteiger partial charge is 0.240 e. The van der Waals surface area contributed by atoms with E-state index in [1.807, 2.05) is 0 Å². The summed E-state index contributed by atoms with van der Waals surface area (Å²) < 4.78 is 23.1. The van der Waals surface area contributed by atoms with Gasteiger partial charge >= 0.3 is 0 Å². The van der Waals surface area contributed by atoms with Crippen molar-refractivity contribution in [2.75, 3.05) is 12.8 Å². The second kappa shape index (κ2) is 5.84. The second-order valence-electron chi connectivity index (χ2n) is 6.03. The Labute approximate surface area is 120 Å². The van der Waals surface area contributed by atoms with Gasteiger partial charge < -0.3 is 4.90 Å².